The van der Waals surface area contributed by atoms with E-state index in [1.165, 1.54) is 0 Å². The van der Waals surface area contributed by atoms with E-state index in [1.54, 1.807) is 0 Å². The summed E-state index contributed by atoms with van der Waals surface area (Å²) in [6.07, 6.45) is -4.73. The van der Waals surface area contributed by atoms with Gasteiger partial charge in [0.15, 0.2) is 0 Å². The maximum Gasteiger partial charge on any atom is 0.464 e. The summed E-state index contributed by atoms with van der Waals surface area (Å²) in [7, 11) is 0. The van der Waals surface area contributed by atoms with E-state index in [-0.39, 0.29) is 0 Å². The Morgan fingerprint density at radius 1 is 1.46 bits per heavy atom. The van der Waals surface area contributed by atoms with Crippen molar-refractivity contribution < 1.29 is 31.1 Å². The molecule has 2 unspecified atom stereocenters. The van der Waals surface area contributed by atoms with Crippen molar-refractivity contribution in [3.05, 3.63) is 12.7 Å². The molecule has 3 nitrogen and oxygen atoms in total. The highest BCUT2D eigenvalue weighted by molar-refractivity contribution is 7.80. The molecular weight excluding hydrogens is 216 g/mol. The van der Waals surface area contributed by atoms with E-state index >= 15 is 0 Å². The van der Waals surface area contributed by atoms with E-state index in [9.17, 15) is 21.8 Å². The van der Waals surface area contributed by atoms with Crippen LogP contribution in [0.1, 0.15) is 0 Å². The second-order valence-electron chi connectivity index (χ2n) is 1.88. The Balaban J connectivity index is 4.73. The summed E-state index contributed by atoms with van der Waals surface area (Å²) >= 11 is -3.80. The van der Waals surface area contributed by atoms with Crippen molar-refractivity contribution in [2.75, 3.05) is 6.61 Å². The highest BCUT2D eigenvalue weighted by atomic mass is 32.2. The lowest BCUT2D eigenvalue weighted by molar-refractivity contribution is -0.286. The summed E-state index contributed by atoms with van der Waals surface area (Å²) in [5, 5.41) is -4.55. The van der Waals surface area contributed by atoms with Crippen molar-refractivity contribution in [1.29, 1.82) is 0 Å². The summed E-state index contributed by atoms with van der Waals surface area (Å²) in [4.78, 5) is 0. The fourth-order valence-electron chi connectivity index (χ4n) is 0.397. The third-order valence-corrected chi connectivity index (χ3v) is 1.75. The minimum absolute atomic E-state index is 0.817. The average molecular weight is 222 g/mol. The van der Waals surface area contributed by atoms with Crippen LogP contribution in [-0.2, 0) is 15.8 Å². The Kier molecular flexibility index (Phi) is 4.01. The number of hydrogen-bond donors (Lipinski definition) is 1. The molecule has 0 bridgehead atoms. The van der Waals surface area contributed by atoms with Gasteiger partial charge in [0.2, 0.25) is 11.1 Å². The topological polar surface area (TPSA) is 46.5 Å². The predicted molar refractivity (Wildman–Crippen MR) is 36.8 cm³/mol. The van der Waals surface area contributed by atoms with E-state index in [1.807, 2.05) is 0 Å². The number of hydrogen-bond acceptors (Lipinski definition) is 2. The summed E-state index contributed by atoms with van der Waals surface area (Å²) in [6.45, 7) is 2.15. The van der Waals surface area contributed by atoms with Crippen molar-refractivity contribution in [3.8, 4) is 0 Å². The number of alkyl halides is 4. The molecule has 0 aromatic heterocycles. The second-order valence-corrected chi connectivity index (χ2v) is 2.91. The van der Waals surface area contributed by atoms with Gasteiger partial charge in [-0.05, 0) is 0 Å². The van der Waals surface area contributed by atoms with Gasteiger partial charge in [0.05, 0.1) is 6.61 Å². The van der Waals surface area contributed by atoms with Gasteiger partial charge in [0.25, 0.3) is 0 Å². The molecule has 0 radical (unpaired) electrons. The molecule has 0 heterocycles. The SMILES string of the molecule is C=CCOC(F)(S(=O)O)C(F)(F)F. The first-order valence-corrected chi connectivity index (χ1v) is 3.98. The predicted octanol–water partition coefficient (Wildman–Crippen LogP) is 1.60. The van der Waals surface area contributed by atoms with Crippen molar-refractivity contribution in [3.63, 3.8) is 0 Å². The lowest BCUT2D eigenvalue weighted by Crippen LogP contribution is -2.47. The van der Waals surface area contributed by atoms with Crippen LogP contribution in [0.5, 0.6) is 0 Å². The molecule has 0 aliphatic heterocycles. The van der Waals surface area contributed by atoms with Crippen molar-refractivity contribution in [2.45, 2.75) is 11.4 Å². The Morgan fingerprint density at radius 2 is 1.92 bits per heavy atom. The summed E-state index contributed by atoms with van der Waals surface area (Å²) in [5.74, 6) is 0. The van der Waals surface area contributed by atoms with Crippen LogP contribution in [0.25, 0.3) is 0 Å². The van der Waals surface area contributed by atoms with Gasteiger partial charge in [0.1, 0.15) is 0 Å². The average Bonchev–Trinajstić information content (AvgIpc) is 1.97. The highest BCUT2D eigenvalue weighted by Crippen LogP contribution is 2.37. The maximum absolute atomic E-state index is 12.7. The Morgan fingerprint density at radius 3 is 2.15 bits per heavy atom. The molecule has 8 heteroatoms. The molecular formula is C5H6F4O3S. The summed E-state index contributed by atoms with van der Waals surface area (Å²) in [6, 6.07) is 0. The minimum Gasteiger partial charge on any atom is -0.323 e. The molecule has 0 spiro atoms. The number of rotatable bonds is 4. The molecule has 0 fully saturated rings. The standard InChI is InChI=1S/C5H6F4O3S/c1-2-3-12-5(9,13(10)11)4(6,7)8/h2H,1,3H2,(H,10,11). The Bertz CT molecular complexity index is 216. The van der Waals surface area contributed by atoms with Gasteiger partial charge in [-0.25, -0.2) is 4.21 Å². The van der Waals surface area contributed by atoms with E-state index in [2.05, 4.69) is 11.3 Å². The van der Waals surface area contributed by atoms with Gasteiger partial charge in [-0.15, -0.1) is 6.58 Å². The molecule has 13 heavy (non-hydrogen) atoms. The molecule has 0 aromatic carbocycles. The Hall–Kier alpha value is -0.470. The lowest BCUT2D eigenvalue weighted by Gasteiger charge is -2.23. The van der Waals surface area contributed by atoms with Crippen molar-refractivity contribution >= 4 is 11.1 Å². The summed E-state index contributed by atoms with van der Waals surface area (Å²) in [5.41, 5.74) is 0. The molecule has 1 N–H and O–H groups in total. The largest absolute Gasteiger partial charge is 0.464 e. The zero-order valence-corrected chi connectivity index (χ0v) is 6.99. The normalized spacial score (nSPS) is 19.2. The molecule has 0 rings (SSSR count). The maximum atomic E-state index is 12.7. The van der Waals surface area contributed by atoms with Crippen LogP contribution in [0, 0.1) is 0 Å². The van der Waals surface area contributed by atoms with E-state index in [4.69, 9.17) is 4.55 Å². The lowest BCUT2D eigenvalue weighted by atomic mass is 10.6. The van der Waals surface area contributed by atoms with Gasteiger partial charge in [-0.1, -0.05) is 6.08 Å². The van der Waals surface area contributed by atoms with Gasteiger partial charge in [-0.3, -0.25) is 0 Å². The van der Waals surface area contributed by atoms with Crippen LogP contribution < -0.4 is 0 Å². The first kappa shape index (κ1) is 12.5. The van der Waals surface area contributed by atoms with E-state index in [0.29, 0.717) is 0 Å². The smallest absolute Gasteiger partial charge is 0.323 e. The van der Waals surface area contributed by atoms with Crippen LogP contribution in [0.2, 0.25) is 0 Å². The zero-order chi connectivity index (χ0) is 10.7. The third kappa shape index (κ3) is 2.75. The van der Waals surface area contributed by atoms with Gasteiger partial charge < -0.3 is 9.29 Å². The van der Waals surface area contributed by atoms with Gasteiger partial charge in [-0.2, -0.15) is 17.6 Å². The van der Waals surface area contributed by atoms with Crippen LogP contribution in [0.4, 0.5) is 17.6 Å². The fraction of sp³-hybridized carbons (Fsp3) is 0.600. The zero-order valence-electron chi connectivity index (χ0n) is 6.18. The molecule has 0 saturated carbocycles. The fourth-order valence-corrected chi connectivity index (χ4v) is 0.764. The van der Waals surface area contributed by atoms with Crippen LogP contribution in [0.3, 0.4) is 0 Å². The van der Waals surface area contributed by atoms with Crippen molar-refractivity contribution in [1.82, 2.24) is 0 Å². The quantitative estimate of drug-likeness (QED) is 0.446. The monoisotopic (exact) mass is 222 g/mol. The second kappa shape index (κ2) is 4.16. The van der Waals surface area contributed by atoms with Gasteiger partial charge in [0, 0.05) is 0 Å². The van der Waals surface area contributed by atoms with Crippen LogP contribution in [-0.4, -0.2) is 26.7 Å². The molecule has 0 aromatic rings. The molecule has 78 valence electrons. The van der Waals surface area contributed by atoms with Crippen LogP contribution >= 0.6 is 0 Å². The van der Waals surface area contributed by atoms with Gasteiger partial charge >= 0.3 is 11.4 Å². The minimum atomic E-state index is -5.56. The number of halogens is 4. The first-order valence-electron chi connectivity index (χ1n) is 2.87. The molecule has 2 atom stereocenters. The van der Waals surface area contributed by atoms with Crippen LogP contribution in [0.15, 0.2) is 12.7 Å². The first-order chi connectivity index (χ1) is 5.75. The third-order valence-electron chi connectivity index (χ3n) is 0.950. The highest BCUT2D eigenvalue weighted by Gasteiger charge is 2.63. The summed E-state index contributed by atoms with van der Waals surface area (Å²) < 4.78 is 69.7. The number of ether oxygens (including phenoxy) is 1. The van der Waals surface area contributed by atoms with Crippen molar-refractivity contribution in [2.24, 2.45) is 0 Å². The molecule has 0 amide bonds. The van der Waals surface area contributed by atoms with E-state index in [0.717, 1.165) is 6.08 Å². The van der Waals surface area contributed by atoms with E-state index < -0.39 is 29.1 Å². The Labute approximate surface area is 73.7 Å². The molecule has 0 saturated heterocycles. The molecule has 0 aliphatic carbocycles. The molecule has 0 aliphatic rings.